The molecule has 88 valence electrons. The van der Waals surface area contributed by atoms with Crippen molar-refractivity contribution in [2.45, 2.75) is 25.8 Å². The van der Waals surface area contributed by atoms with Crippen molar-refractivity contribution in [3.05, 3.63) is 12.4 Å². The summed E-state index contributed by atoms with van der Waals surface area (Å²) in [4.78, 5) is 13.1. The number of aryl methyl sites for hydroxylation is 1. The van der Waals surface area contributed by atoms with Crippen LogP contribution >= 0.6 is 0 Å². The first-order valence-corrected chi connectivity index (χ1v) is 5.66. The molecule has 1 aromatic rings. The van der Waals surface area contributed by atoms with Crippen molar-refractivity contribution >= 4 is 11.6 Å². The van der Waals surface area contributed by atoms with Gasteiger partial charge >= 0.3 is 0 Å². The minimum absolute atomic E-state index is 0.180. The number of aromatic nitrogens is 2. The SMILES string of the molecule is CC(=O)N1CCC(Nc2cnn(C)c2)CC1. The van der Waals surface area contributed by atoms with Gasteiger partial charge in [-0.1, -0.05) is 0 Å². The Balaban J connectivity index is 1.83. The minimum Gasteiger partial charge on any atom is -0.380 e. The molecule has 16 heavy (non-hydrogen) atoms. The van der Waals surface area contributed by atoms with E-state index in [1.165, 1.54) is 0 Å². The fourth-order valence-electron chi connectivity index (χ4n) is 2.07. The molecule has 1 aromatic heterocycles. The molecule has 0 unspecified atom stereocenters. The number of piperidine rings is 1. The summed E-state index contributed by atoms with van der Waals surface area (Å²) >= 11 is 0. The summed E-state index contributed by atoms with van der Waals surface area (Å²) in [6.07, 6.45) is 5.82. The first-order chi connectivity index (χ1) is 7.65. The average molecular weight is 222 g/mol. The Morgan fingerprint density at radius 1 is 1.50 bits per heavy atom. The molecule has 1 aliphatic heterocycles. The van der Waals surface area contributed by atoms with Gasteiger partial charge in [-0.05, 0) is 12.8 Å². The van der Waals surface area contributed by atoms with Gasteiger partial charge < -0.3 is 10.2 Å². The largest absolute Gasteiger partial charge is 0.380 e. The molecule has 2 rings (SSSR count). The average Bonchev–Trinajstić information content (AvgIpc) is 2.65. The lowest BCUT2D eigenvalue weighted by Gasteiger charge is -2.31. The quantitative estimate of drug-likeness (QED) is 0.807. The van der Waals surface area contributed by atoms with Gasteiger partial charge in [0, 0.05) is 39.3 Å². The van der Waals surface area contributed by atoms with Crippen LogP contribution in [0.5, 0.6) is 0 Å². The van der Waals surface area contributed by atoms with Gasteiger partial charge in [0.05, 0.1) is 11.9 Å². The molecule has 0 spiro atoms. The van der Waals surface area contributed by atoms with E-state index in [1.54, 1.807) is 11.6 Å². The highest BCUT2D eigenvalue weighted by molar-refractivity contribution is 5.73. The molecular formula is C11H18N4O. The van der Waals surface area contributed by atoms with E-state index in [0.29, 0.717) is 6.04 Å². The van der Waals surface area contributed by atoms with Crippen LogP contribution in [-0.2, 0) is 11.8 Å². The number of rotatable bonds is 2. The molecule has 1 aliphatic rings. The Morgan fingerprint density at radius 3 is 2.69 bits per heavy atom. The first-order valence-electron chi connectivity index (χ1n) is 5.66. The Kier molecular flexibility index (Phi) is 3.12. The predicted octanol–water partition coefficient (Wildman–Crippen LogP) is 0.843. The number of nitrogens with one attached hydrogen (secondary N) is 1. The topological polar surface area (TPSA) is 50.2 Å². The van der Waals surface area contributed by atoms with Gasteiger partial charge in [-0.25, -0.2) is 0 Å². The summed E-state index contributed by atoms with van der Waals surface area (Å²) in [5, 5.41) is 7.55. The summed E-state index contributed by atoms with van der Waals surface area (Å²) in [6.45, 7) is 3.34. The third-order valence-electron chi connectivity index (χ3n) is 3.02. The summed E-state index contributed by atoms with van der Waals surface area (Å²) in [6, 6.07) is 0.458. The summed E-state index contributed by atoms with van der Waals surface area (Å²) in [5.74, 6) is 0.180. The van der Waals surface area contributed by atoms with Gasteiger partial charge in [0.1, 0.15) is 0 Å². The van der Waals surface area contributed by atoms with E-state index in [0.717, 1.165) is 31.6 Å². The summed E-state index contributed by atoms with van der Waals surface area (Å²) in [5.41, 5.74) is 1.06. The van der Waals surface area contributed by atoms with Crippen LogP contribution in [0, 0.1) is 0 Å². The summed E-state index contributed by atoms with van der Waals surface area (Å²) in [7, 11) is 1.91. The second-order valence-corrected chi connectivity index (χ2v) is 4.33. The number of carbonyl (C=O) groups excluding carboxylic acids is 1. The normalized spacial score (nSPS) is 17.5. The van der Waals surface area contributed by atoms with E-state index in [9.17, 15) is 4.79 Å². The van der Waals surface area contributed by atoms with Crippen molar-refractivity contribution in [3.8, 4) is 0 Å². The molecule has 0 aliphatic carbocycles. The number of carbonyl (C=O) groups is 1. The molecular weight excluding hydrogens is 204 g/mol. The van der Waals surface area contributed by atoms with Crippen LogP contribution in [0.15, 0.2) is 12.4 Å². The molecule has 1 saturated heterocycles. The van der Waals surface area contributed by atoms with E-state index >= 15 is 0 Å². The number of likely N-dealkylation sites (tertiary alicyclic amines) is 1. The fourth-order valence-corrected chi connectivity index (χ4v) is 2.07. The van der Waals surface area contributed by atoms with Crippen LogP contribution < -0.4 is 5.32 Å². The maximum atomic E-state index is 11.2. The number of amides is 1. The molecule has 0 radical (unpaired) electrons. The summed E-state index contributed by atoms with van der Waals surface area (Å²) < 4.78 is 1.78. The molecule has 0 aromatic carbocycles. The van der Waals surface area contributed by atoms with Crippen LogP contribution in [0.1, 0.15) is 19.8 Å². The van der Waals surface area contributed by atoms with E-state index < -0.39 is 0 Å². The van der Waals surface area contributed by atoms with Gasteiger partial charge in [-0.3, -0.25) is 9.48 Å². The maximum Gasteiger partial charge on any atom is 0.219 e. The smallest absolute Gasteiger partial charge is 0.219 e. The van der Waals surface area contributed by atoms with Crippen LogP contribution in [-0.4, -0.2) is 39.7 Å². The zero-order valence-electron chi connectivity index (χ0n) is 9.81. The third kappa shape index (κ3) is 2.53. The second kappa shape index (κ2) is 4.55. The van der Waals surface area contributed by atoms with Crippen LogP contribution in [0.4, 0.5) is 5.69 Å². The highest BCUT2D eigenvalue weighted by atomic mass is 16.2. The van der Waals surface area contributed by atoms with Gasteiger partial charge in [0.25, 0.3) is 0 Å². The van der Waals surface area contributed by atoms with Gasteiger partial charge in [0.2, 0.25) is 5.91 Å². The third-order valence-corrected chi connectivity index (χ3v) is 3.02. The lowest BCUT2D eigenvalue weighted by molar-refractivity contribution is -0.129. The maximum absolute atomic E-state index is 11.2. The molecule has 1 N–H and O–H groups in total. The zero-order chi connectivity index (χ0) is 11.5. The van der Waals surface area contributed by atoms with Gasteiger partial charge in [-0.15, -0.1) is 0 Å². The predicted molar refractivity (Wildman–Crippen MR) is 62.1 cm³/mol. The Labute approximate surface area is 95.4 Å². The molecule has 2 heterocycles. The molecule has 5 heteroatoms. The Bertz CT molecular complexity index is 366. The number of nitrogens with zero attached hydrogens (tertiary/aromatic N) is 3. The zero-order valence-corrected chi connectivity index (χ0v) is 9.81. The van der Waals surface area contributed by atoms with Gasteiger partial charge in [-0.2, -0.15) is 5.10 Å². The van der Waals surface area contributed by atoms with E-state index in [-0.39, 0.29) is 5.91 Å². The Morgan fingerprint density at radius 2 is 2.19 bits per heavy atom. The molecule has 1 fully saturated rings. The molecule has 0 atom stereocenters. The monoisotopic (exact) mass is 222 g/mol. The van der Waals surface area contributed by atoms with E-state index in [1.807, 2.05) is 24.3 Å². The lowest BCUT2D eigenvalue weighted by atomic mass is 10.1. The highest BCUT2D eigenvalue weighted by Gasteiger charge is 2.20. The van der Waals surface area contributed by atoms with Crippen molar-refractivity contribution in [2.24, 2.45) is 7.05 Å². The number of anilines is 1. The lowest BCUT2D eigenvalue weighted by Crippen LogP contribution is -2.41. The van der Waals surface area contributed by atoms with E-state index in [4.69, 9.17) is 0 Å². The van der Waals surface area contributed by atoms with Crippen molar-refractivity contribution in [1.82, 2.24) is 14.7 Å². The van der Waals surface area contributed by atoms with Crippen molar-refractivity contribution in [2.75, 3.05) is 18.4 Å². The van der Waals surface area contributed by atoms with Crippen LogP contribution in [0.25, 0.3) is 0 Å². The minimum atomic E-state index is 0.180. The highest BCUT2D eigenvalue weighted by Crippen LogP contribution is 2.15. The first kappa shape index (κ1) is 11.0. The Hall–Kier alpha value is -1.52. The number of hydrogen-bond donors (Lipinski definition) is 1. The standard InChI is InChI=1S/C11H18N4O/c1-9(16)15-5-3-10(4-6-15)13-11-7-12-14(2)8-11/h7-8,10,13H,3-6H2,1-2H3. The molecule has 0 saturated carbocycles. The fraction of sp³-hybridized carbons (Fsp3) is 0.636. The van der Waals surface area contributed by atoms with E-state index in [2.05, 4.69) is 10.4 Å². The molecule has 5 nitrogen and oxygen atoms in total. The van der Waals surface area contributed by atoms with Crippen molar-refractivity contribution in [1.29, 1.82) is 0 Å². The van der Waals surface area contributed by atoms with Crippen molar-refractivity contribution < 1.29 is 4.79 Å². The molecule has 0 bridgehead atoms. The van der Waals surface area contributed by atoms with Crippen molar-refractivity contribution in [3.63, 3.8) is 0 Å². The van der Waals surface area contributed by atoms with Crippen LogP contribution in [0.3, 0.4) is 0 Å². The van der Waals surface area contributed by atoms with Gasteiger partial charge in [0.15, 0.2) is 0 Å². The number of hydrogen-bond acceptors (Lipinski definition) is 3. The molecule has 1 amide bonds. The second-order valence-electron chi connectivity index (χ2n) is 4.33. The van der Waals surface area contributed by atoms with Crippen LogP contribution in [0.2, 0.25) is 0 Å².